The molecule has 152 valence electrons. The molecule has 30 heavy (non-hydrogen) atoms. The monoisotopic (exact) mass is 420 g/mol. The van der Waals surface area contributed by atoms with Crippen molar-refractivity contribution >= 4 is 35.0 Å². The fourth-order valence-corrected chi connectivity index (χ4v) is 3.67. The summed E-state index contributed by atoms with van der Waals surface area (Å²) in [5.74, 6) is -0.284. The topological polar surface area (TPSA) is 70.5 Å². The van der Waals surface area contributed by atoms with Gasteiger partial charge in [0.15, 0.2) is 0 Å². The summed E-state index contributed by atoms with van der Waals surface area (Å²) in [4.78, 5) is 26.1. The molecule has 0 saturated carbocycles. The molecule has 2 heterocycles. The Labute approximate surface area is 179 Å². The zero-order valence-electron chi connectivity index (χ0n) is 17.2. The van der Waals surface area contributed by atoms with Crippen LogP contribution in [-0.2, 0) is 4.79 Å². The number of hydrogen-bond donors (Lipinski definition) is 1. The Hall–Kier alpha value is -3.38. The van der Waals surface area contributed by atoms with Gasteiger partial charge < -0.3 is 0 Å². The second-order valence-corrected chi connectivity index (χ2v) is 7.85. The van der Waals surface area contributed by atoms with Gasteiger partial charge in [-0.15, -0.1) is 0 Å². The van der Waals surface area contributed by atoms with Crippen molar-refractivity contribution < 1.29 is 4.79 Å². The first-order chi connectivity index (χ1) is 14.3. The van der Waals surface area contributed by atoms with Crippen LogP contribution >= 0.6 is 11.6 Å². The van der Waals surface area contributed by atoms with Gasteiger partial charge in [-0.25, -0.2) is 4.68 Å². The van der Waals surface area contributed by atoms with Gasteiger partial charge in [0.2, 0.25) is 0 Å². The molecule has 6 nitrogen and oxygen atoms in total. The van der Waals surface area contributed by atoms with Crippen LogP contribution in [0.3, 0.4) is 0 Å². The first-order valence-electron chi connectivity index (χ1n) is 9.53. The summed E-state index contributed by atoms with van der Waals surface area (Å²) < 4.78 is 1.51. The summed E-state index contributed by atoms with van der Waals surface area (Å²) in [5.41, 5.74) is 5.35. The number of aromatic amines is 1. The second kappa shape index (κ2) is 7.46. The van der Waals surface area contributed by atoms with E-state index in [9.17, 15) is 9.59 Å². The molecular weight excluding hydrogens is 400 g/mol. The normalized spacial score (nSPS) is 15.2. The van der Waals surface area contributed by atoms with Crippen LogP contribution < -0.4 is 10.6 Å². The van der Waals surface area contributed by atoms with Gasteiger partial charge >= 0.3 is 0 Å². The van der Waals surface area contributed by atoms with E-state index in [1.54, 1.807) is 37.3 Å². The second-order valence-electron chi connectivity index (χ2n) is 7.42. The van der Waals surface area contributed by atoms with Gasteiger partial charge in [-0.05, 0) is 69.7 Å². The molecule has 0 spiro atoms. The lowest BCUT2D eigenvalue weighted by Crippen LogP contribution is -2.22. The van der Waals surface area contributed by atoms with Gasteiger partial charge in [-0.3, -0.25) is 14.7 Å². The van der Waals surface area contributed by atoms with Crippen LogP contribution in [0.4, 0.5) is 5.69 Å². The first kappa shape index (κ1) is 19.9. The summed E-state index contributed by atoms with van der Waals surface area (Å²) in [6.07, 6.45) is 1.62. The molecule has 1 aliphatic rings. The maximum Gasteiger partial charge on any atom is 0.280 e. The number of anilines is 1. The van der Waals surface area contributed by atoms with E-state index < -0.39 is 0 Å². The van der Waals surface area contributed by atoms with Gasteiger partial charge in [-0.1, -0.05) is 29.3 Å². The highest BCUT2D eigenvalue weighted by Crippen LogP contribution is 2.26. The number of carbonyl (C=O) groups excluding carboxylic acids is 1. The van der Waals surface area contributed by atoms with Crippen molar-refractivity contribution in [3.05, 3.63) is 85.8 Å². The number of nitrogens with zero attached hydrogens (tertiary/aromatic N) is 3. The molecular formula is C23H21ClN4O2. The summed E-state index contributed by atoms with van der Waals surface area (Å²) in [7, 11) is 0. The number of carbonyl (C=O) groups is 1. The summed E-state index contributed by atoms with van der Waals surface area (Å²) >= 11 is 5.94. The van der Waals surface area contributed by atoms with Crippen LogP contribution in [0.15, 0.2) is 57.9 Å². The smallest absolute Gasteiger partial charge is 0.280 e. The molecule has 0 saturated heterocycles. The predicted molar refractivity (Wildman–Crippen MR) is 121 cm³/mol. The number of amides is 1. The van der Waals surface area contributed by atoms with E-state index in [-0.39, 0.29) is 11.5 Å². The summed E-state index contributed by atoms with van der Waals surface area (Å²) in [6, 6.07) is 12.8. The van der Waals surface area contributed by atoms with E-state index in [0.29, 0.717) is 33.3 Å². The number of rotatable bonds is 3. The molecule has 0 unspecified atom stereocenters. The van der Waals surface area contributed by atoms with Crippen molar-refractivity contribution in [1.82, 2.24) is 9.78 Å². The van der Waals surface area contributed by atoms with E-state index in [4.69, 9.17) is 11.6 Å². The third-order valence-corrected chi connectivity index (χ3v) is 5.38. The van der Waals surface area contributed by atoms with E-state index in [1.165, 1.54) is 9.69 Å². The van der Waals surface area contributed by atoms with E-state index in [1.807, 2.05) is 39.0 Å². The lowest BCUT2D eigenvalue weighted by Gasteiger charge is -2.11. The Bertz CT molecular complexity index is 1280. The van der Waals surface area contributed by atoms with E-state index in [0.717, 1.165) is 16.8 Å². The molecule has 7 heteroatoms. The fraction of sp³-hybridized carbons (Fsp3) is 0.174. The standard InChI is InChI=1S/C23H21ClN4O2/c1-13-5-10-21(14(2)11-13)28-23(30)20(16(4)26-28)12-19-15(3)25-27(22(19)29)18-8-6-17(24)7-9-18/h5-12,26H,1-4H3. The fourth-order valence-electron chi connectivity index (χ4n) is 3.54. The van der Waals surface area contributed by atoms with Crippen LogP contribution in [0, 0.1) is 20.8 Å². The van der Waals surface area contributed by atoms with E-state index in [2.05, 4.69) is 10.2 Å². The zero-order chi connectivity index (χ0) is 21.6. The molecule has 4 rings (SSSR count). The molecule has 0 bridgehead atoms. The summed E-state index contributed by atoms with van der Waals surface area (Å²) in [6.45, 7) is 7.54. The Morgan fingerprint density at radius 1 is 1.00 bits per heavy atom. The van der Waals surface area contributed by atoms with Crippen LogP contribution in [0.5, 0.6) is 0 Å². The van der Waals surface area contributed by atoms with Crippen LogP contribution in [-0.4, -0.2) is 21.4 Å². The summed E-state index contributed by atoms with van der Waals surface area (Å²) in [5, 5.41) is 9.39. The van der Waals surface area contributed by atoms with Crippen molar-refractivity contribution in [3.8, 4) is 5.69 Å². The minimum absolute atomic E-state index is 0.211. The lowest BCUT2D eigenvalue weighted by molar-refractivity contribution is -0.114. The number of halogens is 1. The maximum absolute atomic E-state index is 13.1. The van der Waals surface area contributed by atoms with Gasteiger partial charge in [0.05, 0.1) is 28.2 Å². The maximum atomic E-state index is 13.1. The molecule has 1 aromatic heterocycles. The highest BCUT2D eigenvalue weighted by molar-refractivity contribution is 6.32. The third kappa shape index (κ3) is 3.39. The first-order valence-corrected chi connectivity index (χ1v) is 9.90. The van der Waals surface area contributed by atoms with Gasteiger partial charge in [-0.2, -0.15) is 10.1 Å². The van der Waals surface area contributed by atoms with Crippen molar-refractivity contribution in [1.29, 1.82) is 0 Å². The number of hydrogen-bond acceptors (Lipinski definition) is 3. The molecule has 1 amide bonds. The minimum Gasteiger partial charge on any atom is -0.295 e. The Morgan fingerprint density at radius 3 is 2.37 bits per heavy atom. The van der Waals surface area contributed by atoms with Crippen molar-refractivity contribution in [3.63, 3.8) is 0 Å². The van der Waals surface area contributed by atoms with Gasteiger partial charge in [0, 0.05) is 10.7 Å². The molecule has 1 N–H and O–H groups in total. The molecule has 1 aliphatic heterocycles. The number of hydrazone groups is 1. The average molecular weight is 421 g/mol. The highest BCUT2D eigenvalue weighted by atomic mass is 35.5. The molecule has 0 fully saturated rings. The number of benzene rings is 2. The van der Waals surface area contributed by atoms with Gasteiger partial charge in [0.25, 0.3) is 11.5 Å². The number of aromatic nitrogens is 2. The SMILES string of the molecule is CC1=NN(c2ccc(Cl)cc2)C(=O)C1=Cc1c(C)[nH]n(-c2ccc(C)cc2C)c1=O. The minimum atomic E-state index is -0.284. The van der Waals surface area contributed by atoms with Gasteiger partial charge in [0.1, 0.15) is 0 Å². The quantitative estimate of drug-likeness (QED) is 0.631. The van der Waals surface area contributed by atoms with Crippen LogP contribution in [0.2, 0.25) is 5.02 Å². The number of H-pyrrole nitrogens is 1. The number of aryl methyl sites for hydroxylation is 3. The van der Waals surface area contributed by atoms with Crippen molar-refractivity contribution in [2.45, 2.75) is 27.7 Å². The number of nitrogens with one attached hydrogen (secondary N) is 1. The molecule has 0 aliphatic carbocycles. The zero-order valence-corrected chi connectivity index (χ0v) is 17.9. The third-order valence-electron chi connectivity index (χ3n) is 5.13. The lowest BCUT2D eigenvalue weighted by atomic mass is 10.1. The molecule has 2 aromatic carbocycles. The molecule has 0 atom stereocenters. The van der Waals surface area contributed by atoms with Crippen molar-refractivity contribution in [2.75, 3.05) is 5.01 Å². The van der Waals surface area contributed by atoms with Crippen molar-refractivity contribution in [2.24, 2.45) is 5.10 Å². The molecule has 3 aromatic rings. The Kier molecular flexibility index (Phi) is 4.95. The highest BCUT2D eigenvalue weighted by Gasteiger charge is 2.29. The van der Waals surface area contributed by atoms with Crippen LogP contribution in [0.25, 0.3) is 11.8 Å². The molecule has 0 radical (unpaired) electrons. The predicted octanol–water partition coefficient (Wildman–Crippen LogP) is 4.55. The Balaban J connectivity index is 1.74. The van der Waals surface area contributed by atoms with Crippen LogP contribution in [0.1, 0.15) is 29.3 Å². The Morgan fingerprint density at radius 2 is 1.70 bits per heavy atom. The average Bonchev–Trinajstić information content (AvgIpc) is 3.13. The van der Waals surface area contributed by atoms with E-state index >= 15 is 0 Å². The largest absolute Gasteiger partial charge is 0.295 e.